The molecule has 0 heterocycles. The first-order valence-electron chi connectivity index (χ1n) is 7.84. The van der Waals surface area contributed by atoms with Gasteiger partial charge in [0.1, 0.15) is 0 Å². The van der Waals surface area contributed by atoms with Crippen LogP contribution in [0.4, 0.5) is 8.78 Å². The number of alkyl halides is 2. The molecule has 1 aliphatic carbocycles. The molecule has 0 aromatic heterocycles. The predicted molar refractivity (Wildman–Crippen MR) is 79.8 cm³/mol. The molecule has 4 nitrogen and oxygen atoms in total. The summed E-state index contributed by atoms with van der Waals surface area (Å²) >= 11 is 0. The van der Waals surface area contributed by atoms with Gasteiger partial charge in [-0.3, -0.25) is 9.59 Å². The van der Waals surface area contributed by atoms with Crippen LogP contribution < -0.4 is 0 Å². The highest BCUT2D eigenvalue weighted by Gasteiger charge is 2.42. The minimum absolute atomic E-state index is 0.178. The van der Waals surface area contributed by atoms with Crippen molar-refractivity contribution in [2.75, 3.05) is 7.05 Å². The largest absolute Gasteiger partial charge is 0.481 e. The second-order valence-electron chi connectivity index (χ2n) is 7.23. The molecule has 1 amide bonds. The van der Waals surface area contributed by atoms with Crippen LogP contribution in [0, 0.1) is 11.3 Å². The molecule has 0 spiro atoms. The minimum atomic E-state index is -2.64. The van der Waals surface area contributed by atoms with E-state index in [1.54, 1.807) is 14.0 Å². The van der Waals surface area contributed by atoms with Gasteiger partial charge in [0.05, 0.1) is 11.8 Å². The zero-order valence-corrected chi connectivity index (χ0v) is 13.9. The van der Waals surface area contributed by atoms with E-state index < -0.39 is 17.3 Å². The standard InChI is InChI=1S/C16H27F2NO3/c1-11(2)9-15(3,10-13(20)21)14(22)19(4)12-5-7-16(17,18)8-6-12/h11-12H,5-10H2,1-4H3,(H,20,21). The van der Waals surface area contributed by atoms with Gasteiger partial charge in [0.25, 0.3) is 0 Å². The molecule has 22 heavy (non-hydrogen) atoms. The Morgan fingerprint density at radius 3 is 2.23 bits per heavy atom. The van der Waals surface area contributed by atoms with Crippen molar-refractivity contribution in [1.29, 1.82) is 0 Å². The molecular weight excluding hydrogens is 292 g/mol. The Kier molecular flexibility index (Phi) is 5.93. The number of carbonyl (C=O) groups is 2. The lowest BCUT2D eigenvalue weighted by molar-refractivity contribution is -0.153. The van der Waals surface area contributed by atoms with E-state index in [1.165, 1.54) is 4.90 Å². The molecule has 1 unspecified atom stereocenters. The number of nitrogens with zero attached hydrogens (tertiary/aromatic N) is 1. The summed E-state index contributed by atoms with van der Waals surface area (Å²) in [5, 5.41) is 9.10. The third kappa shape index (κ3) is 4.92. The molecule has 0 aromatic rings. The van der Waals surface area contributed by atoms with Crippen molar-refractivity contribution in [1.82, 2.24) is 4.90 Å². The Morgan fingerprint density at radius 2 is 1.82 bits per heavy atom. The maximum atomic E-state index is 13.2. The molecular formula is C16H27F2NO3. The summed E-state index contributed by atoms with van der Waals surface area (Å²) in [7, 11) is 1.61. The fourth-order valence-electron chi connectivity index (χ4n) is 3.47. The van der Waals surface area contributed by atoms with Gasteiger partial charge < -0.3 is 10.0 Å². The topological polar surface area (TPSA) is 57.6 Å². The molecule has 1 fully saturated rings. The molecule has 1 aliphatic rings. The normalized spacial score (nSPS) is 21.4. The zero-order valence-electron chi connectivity index (χ0n) is 13.9. The van der Waals surface area contributed by atoms with Crippen LogP contribution in [0.2, 0.25) is 0 Å². The van der Waals surface area contributed by atoms with Gasteiger partial charge in [-0.05, 0) is 25.2 Å². The van der Waals surface area contributed by atoms with Crippen molar-refractivity contribution in [2.24, 2.45) is 11.3 Å². The van der Waals surface area contributed by atoms with Gasteiger partial charge in [0, 0.05) is 25.9 Å². The number of aliphatic carboxylic acids is 1. The molecule has 0 saturated heterocycles. The highest BCUT2D eigenvalue weighted by atomic mass is 19.3. The van der Waals surface area contributed by atoms with Gasteiger partial charge in [0.2, 0.25) is 11.8 Å². The van der Waals surface area contributed by atoms with Crippen LogP contribution in [-0.4, -0.2) is 40.9 Å². The summed E-state index contributed by atoms with van der Waals surface area (Å²) < 4.78 is 26.5. The smallest absolute Gasteiger partial charge is 0.304 e. The molecule has 6 heteroatoms. The second-order valence-corrected chi connectivity index (χ2v) is 7.23. The first kappa shape index (κ1) is 18.8. The van der Waals surface area contributed by atoms with E-state index in [4.69, 9.17) is 5.11 Å². The Hall–Kier alpha value is -1.20. The lowest BCUT2D eigenvalue weighted by Crippen LogP contribution is -2.48. The first-order valence-corrected chi connectivity index (χ1v) is 7.84. The molecule has 128 valence electrons. The number of carboxylic acids is 1. The fourth-order valence-corrected chi connectivity index (χ4v) is 3.47. The highest BCUT2D eigenvalue weighted by Crippen LogP contribution is 2.38. The monoisotopic (exact) mass is 319 g/mol. The maximum absolute atomic E-state index is 13.2. The highest BCUT2D eigenvalue weighted by molar-refractivity contribution is 5.86. The van der Waals surface area contributed by atoms with Gasteiger partial charge in [-0.2, -0.15) is 0 Å². The van der Waals surface area contributed by atoms with E-state index in [0.717, 1.165) is 0 Å². The third-order valence-corrected chi connectivity index (χ3v) is 4.47. The average molecular weight is 319 g/mol. The van der Waals surface area contributed by atoms with Crippen molar-refractivity contribution in [2.45, 2.75) is 71.3 Å². The van der Waals surface area contributed by atoms with Crippen LogP contribution in [0.15, 0.2) is 0 Å². The quantitative estimate of drug-likeness (QED) is 0.814. The van der Waals surface area contributed by atoms with Gasteiger partial charge in [0.15, 0.2) is 0 Å². The molecule has 1 N–H and O–H groups in total. The fraction of sp³-hybridized carbons (Fsp3) is 0.875. The van der Waals surface area contributed by atoms with Crippen molar-refractivity contribution < 1.29 is 23.5 Å². The summed E-state index contributed by atoms with van der Waals surface area (Å²) in [5.41, 5.74) is -0.991. The molecule has 1 rings (SSSR count). The zero-order chi connectivity index (χ0) is 17.1. The van der Waals surface area contributed by atoms with E-state index in [9.17, 15) is 18.4 Å². The first-order chi connectivity index (χ1) is 9.97. The summed E-state index contributed by atoms with van der Waals surface area (Å²) in [6.45, 7) is 5.54. The average Bonchev–Trinajstić information content (AvgIpc) is 2.35. The van der Waals surface area contributed by atoms with E-state index >= 15 is 0 Å². The number of hydrogen-bond acceptors (Lipinski definition) is 2. The van der Waals surface area contributed by atoms with Crippen molar-refractivity contribution in [3.8, 4) is 0 Å². The molecule has 1 saturated carbocycles. The van der Waals surface area contributed by atoms with Gasteiger partial charge in [-0.25, -0.2) is 8.78 Å². The molecule has 1 atom stereocenters. The molecule has 0 radical (unpaired) electrons. The summed E-state index contributed by atoms with van der Waals surface area (Å²) in [5.74, 6) is -3.72. The molecule has 0 aliphatic heterocycles. The number of rotatable bonds is 6. The summed E-state index contributed by atoms with van der Waals surface area (Å²) in [6.07, 6.45) is 0.326. The predicted octanol–water partition coefficient (Wildman–Crippen LogP) is 3.55. The number of carbonyl (C=O) groups excluding carboxylic acids is 1. The summed E-state index contributed by atoms with van der Waals surface area (Å²) in [6, 6.07) is -0.229. The van der Waals surface area contributed by atoms with Crippen LogP contribution in [0.5, 0.6) is 0 Å². The van der Waals surface area contributed by atoms with Crippen LogP contribution >= 0.6 is 0 Å². The van der Waals surface area contributed by atoms with Crippen molar-refractivity contribution in [3.63, 3.8) is 0 Å². The van der Waals surface area contributed by atoms with Crippen molar-refractivity contribution in [3.05, 3.63) is 0 Å². The lowest BCUT2D eigenvalue weighted by Gasteiger charge is -2.39. The van der Waals surface area contributed by atoms with Crippen LogP contribution in [0.3, 0.4) is 0 Å². The summed E-state index contributed by atoms with van der Waals surface area (Å²) in [4.78, 5) is 25.4. The van der Waals surface area contributed by atoms with Gasteiger partial charge in [-0.15, -0.1) is 0 Å². The minimum Gasteiger partial charge on any atom is -0.481 e. The van der Waals surface area contributed by atoms with Gasteiger partial charge >= 0.3 is 5.97 Å². The van der Waals surface area contributed by atoms with Crippen LogP contribution in [-0.2, 0) is 9.59 Å². The van der Waals surface area contributed by atoms with E-state index in [1.807, 2.05) is 13.8 Å². The third-order valence-electron chi connectivity index (χ3n) is 4.47. The Balaban J connectivity index is 2.82. The number of hydrogen-bond donors (Lipinski definition) is 1. The Bertz CT molecular complexity index is 416. The number of carboxylic acid groups (broad SMARTS) is 1. The van der Waals surface area contributed by atoms with E-state index in [-0.39, 0.29) is 50.0 Å². The Labute approximate surface area is 130 Å². The number of amides is 1. The van der Waals surface area contributed by atoms with E-state index in [2.05, 4.69) is 0 Å². The molecule has 0 bridgehead atoms. The van der Waals surface area contributed by atoms with E-state index in [0.29, 0.717) is 6.42 Å². The van der Waals surface area contributed by atoms with Crippen LogP contribution in [0.25, 0.3) is 0 Å². The second kappa shape index (κ2) is 6.92. The SMILES string of the molecule is CC(C)CC(C)(CC(=O)O)C(=O)N(C)C1CCC(F)(F)CC1. The van der Waals surface area contributed by atoms with Crippen LogP contribution in [0.1, 0.15) is 59.3 Å². The lowest BCUT2D eigenvalue weighted by atomic mass is 9.77. The Morgan fingerprint density at radius 1 is 1.32 bits per heavy atom. The molecule has 0 aromatic carbocycles. The van der Waals surface area contributed by atoms with Crippen molar-refractivity contribution >= 4 is 11.9 Å². The maximum Gasteiger partial charge on any atom is 0.304 e. The van der Waals surface area contributed by atoms with Gasteiger partial charge in [-0.1, -0.05) is 20.8 Å². The number of halogens is 2.